The molecule has 1 aromatic carbocycles. The molecule has 0 spiro atoms. The van der Waals surface area contributed by atoms with Crippen molar-refractivity contribution >= 4 is 17.2 Å². The van der Waals surface area contributed by atoms with Gasteiger partial charge in [0.1, 0.15) is 10.8 Å². The lowest BCUT2D eigenvalue weighted by molar-refractivity contribution is 0.0879. The van der Waals surface area contributed by atoms with E-state index in [-0.39, 0.29) is 6.10 Å². The highest BCUT2D eigenvalue weighted by Crippen LogP contribution is 2.34. The molecule has 23 heavy (non-hydrogen) atoms. The van der Waals surface area contributed by atoms with E-state index in [1.165, 1.54) is 0 Å². The van der Waals surface area contributed by atoms with Gasteiger partial charge in [0.25, 0.3) is 0 Å². The van der Waals surface area contributed by atoms with Gasteiger partial charge in [0.2, 0.25) is 5.90 Å². The first-order valence-corrected chi connectivity index (χ1v) is 8.02. The summed E-state index contributed by atoms with van der Waals surface area (Å²) in [5, 5.41) is 4.99. The van der Waals surface area contributed by atoms with Crippen molar-refractivity contribution in [1.29, 1.82) is 0 Å². The van der Waals surface area contributed by atoms with Gasteiger partial charge in [-0.25, -0.2) is 4.98 Å². The van der Waals surface area contributed by atoms with Crippen LogP contribution < -0.4 is 4.74 Å². The molecule has 3 heterocycles. The van der Waals surface area contributed by atoms with Crippen LogP contribution in [0, 0.1) is 0 Å². The second-order valence-corrected chi connectivity index (χ2v) is 6.07. The Morgan fingerprint density at radius 3 is 2.83 bits per heavy atom. The molecule has 0 unspecified atom stereocenters. The molecule has 1 atom stereocenters. The van der Waals surface area contributed by atoms with E-state index in [9.17, 15) is 0 Å². The molecule has 1 aliphatic heterocycles. The summed E-state index contributed by atoms with van der Waals surface area (Å²) >= 11 is 1.61. The molecule has 4 rings (SSSR count). The van der Waals surface area contributed by atoms with Crippen molar-refractivity contribution in [3.8, 4) is 16.3 Å². The predicted octanol–water partition coefficient (Wildman–Crippen LogP) is 4.06. The lowest BCUT2D eigenvalue weighted by Gasteiger charge is -2.04. The number of pyridine rings is 1. The Morgan fingerprint density at radius 2 is 2.00 bits per heavy atom. The molecule has 2 aromatic heterocycles. The molecule has 6 heteroatoms. The third-order valence-electron chi connectivity index (χ3n) is 3.37. The monoisotopic (exact) mass is 323 g/mol. The van der Waals surface area contributed by atoms with Gasteiger partial charge in [0, 0.05) is 18.0 Å². The van der Waals surface area contributed by atoms with E-state index in [1.54, 1.807) is 23.7 Å². The van der Waals surface area contributed by atoms with Crippen LogP contribution in [-0.4, -0.2) is 15.9 Å². The summed E-state index contributed by atoms with van der Waals surface area (Å²) in [4.78, 5) is 15.0. The van der Waals surface area contributed by atoms with E-state index >= 15 is 0 Å². The first-order chi connectivity index (χ1) is 11.4. The van der Waals surface area contributed by atoms with Gasteiger partial charge in [0.05, 0.1) is 17.5 Å². The summed E-state index contributed by atoms with van der Waals surface area (Å²) in [7, 11) is 0. The smallest absolute Gasteiger partial charge is 0.235 e. The molecule has 0 saturated heterocycles. The minimum atomic E-state index is -0.142. The number of hydrogen-bond donors (Lipinski definition) is 0. The van der Waals surface area contributed by atoms with Gasteiger partial charge in [0.15, 0.2) is 6.10 Å². The molecule has 5 nitrogen and oxygen atoms in total. The quantitative estimate of drug-likeness (QED) is 0.729. The molecular formula is C17H13N3O2S. The summed E-state index contributed by atoms with van der Waals surface area (Å²) in [5.74, 6) is 1.21. The van der Waals surface area contributed by atoms with Crippen molar-refractivity contribution in [3.63, 3.8) is 0 Å². The second kappa shape index (κ2) is 6.18. The lowest BCUT2D eigenvalue weighted by atomic mass is 10.2. The van der Waals surface area contributed by atoms with Crippen LogP contribution >= 0.6 is 11.3 Å². The fourth-order valence-electron chi connectivity index (χ4n) is 2.26. The first kappa shape index (κ1) is 13.9. The summed E-state index contributed by atoms with van der Waals surface area (Å²) in [5.41, 5.74) is 1.11. The van der Waals surface area contributed by atoms with Crippen molar-refractivity contribution in [2.75, 3.05) is 0 Å². The number of hydrogen-bond acceptors (Lipinski definition) is 6. The summed E-state index contributed by atoms with van der Waals surface area (Å²) < 4.78 is 5.67. The van der Waals surface area contributed by atoms with Gasteiger partial charge < -0.3 is 9.57 Å². The number of ether oxygens (including phenoxy) is 1. The second-order valence-electron chi connectivity index (χ2n) is 5.01. The molecule has 0 fully saturated rings. The van der Waals surface area contributed by atoms with E-state index in [0.717, 1.165) is 15.4 Å². The van der Waals surface area contributed by atoms with Crippen LogP contribution in [-0.2, 0) is 4.84 Å². The standard InChI is InChI=1S/C17H13N3O2S/c1-2-5-12(6-3-1)17-19-11-15(23-17)14-9-16(20-22-14)21-13-7-4-8-18-10-13/h1-8,10-11,14H,9H2/t14-/m0/s1. The highest BCUT2D eigenvalue weighted by Gasteiger charge is 2.26. The number of nitrogens with zero attached hydrogens (tertiary/aromatic N) is 3. The number of oxime groups is 1. The van der Waals surface area contributed by atoms with E-state index in [0.29, 0.717) is 18.1 Å². The Labute approximate surface area is 137 Å². The van der Waals surface area contributed by atoms with E-state index in [4.69, 9.17) is 9.57 Å². The van der Waals surface area contributed by atoms with Crippen LogP contribution in [0.3, 0.4) is 0 Å². The molecular weight excluding hydrogens is 310 g/mol. The highest BCUT2D eigenvalue weighted by atomic mass is 32.1. The van der Waals surface area contributed by atoms with Gasteiger partial charge >= 0.3 is 0 Å². The molecule has 0 amide bonds. The Hall–Kier alpha value is -2.73. The minimum Gasteiger partial charge on any atom is -0.438 e. The molecule has 0 N–H and O–H groups in total. The maximum absolute atomic E-state index is 5.67. The molecule has 114 valence electrons. The Balaban J connectivity index is 1.44. The van der Waals surface area contributed by atoms with E-state index in [2.05, 4.69) is 15.1 Å². The Bertz CT molecular complexity index is 818. The van der Waals surface area contributed by atoms with Gasteiger partial charge in [-0.2, -0.15) is 0 Å². The summed E-state index contributed by atoms with van der Waals surface area (Å²) in [6.07, 6.45) is 5.64. The zero-order valence-corrected chi connectivity index (χ0v) is 12.9. The van der Waals surface area contributed by atoms with Gasteiger partial charge in [-0.15, -0.1) is 11.3 Å². The van der Waals surface area contributed by atoms with Crippen molar-refractivity contribution < 1.29 is 9.57 Å². The van der Waals surface area contributed by atoms with E-state index in [1.807, 2.05) is 48.7 Å². The zero-order valence-electron chi connectivity index (χ0n) is 12.1. The van der Waals surface area contributed by atoms with Crippen LogP contribution in [0.15, 0.2) is 66.2 Å². The topological polar surface area (TPSA) is 56.6 Å². The van der Waals surface area contributed by atoms with Gasteiger partial charge in [-0.1, -0.05) is 35.5 Å². The van der Waals surface area contributed by atoms with Crippen LogP contribution in [0.4, 0.5) is 0 Å². The summed E-state index contributed by atoms with van der Waals surface area (Å²) in [6, 6.07) is 13.8. The maximum Gasteiger partial charge on any atom is 0.235 e. The Kier molecular flexibility index (Phi) is 3.73. The third kappa shape index (κ3) is 3.07. The number of thiazole rings is 1. The molecule has 1 aliphatic rings. The van der Waals surface area contributed by atoms with Crippen molar-refractivity contribution in [3.05, 3.63) is 65.9 Å². The third-order valence-corrected chi connectivity index (χ3v) is 4.51. The van der Waals surface area contributed by atoms with Gasteiger partial charge in [-0.3, -0.25) is 4.98 Å². The normalized spacial score (nSPS) is 16.7. The SMILES string of the molecule is c1ccc(-c2ncc([C@@H]3CC(Oc4cccnc4)=NO3)s2)cc1. The van der Waals surface area contributed by atoms with Crippen molar-refractivity contribution in [1.82, 2.24) is 9.97 Å². The molecule has 0 saturated carbocycles. The largest absolute Gasteiger partial charge is 0.438 e. The highest BCUT2D eigenvalue weighted by molar-refractivity contribution is 7.15. The lowest BCUT2D eigenvalue weighted by Crippen LogP contribution is -2.06. The maximum atomic E-state index is 5.67. The average molecular weight is 323 g/mol. The minimum absolute atomic E-state index is 0.142. The number of benzene rings is 1. The van der Waals surface area contributed by atoms with Gasteiger partial charge in [-0.05, 0) is 12.1 Å². The fraction of sp³-hybridized carbons (Fsp3) is 0.118. The predicted molar refractivity (Wildman–Crippen MR) is 88.3 cm³/mol. The van der Waals surface area contributed by atoms with Crippen LogP contribution in [0.2, 0.25) is 0 Å². The van der Waals surface area contributed by atoms with Crippen molar-refractivity contribution in [2.24, 2.45) is 5.16 Å². The van der Waals surface area contributed by atoms with Crippen molar-refractivity contribution in [2.45, 2.75) is 12.5 Å². The number of rotatable bonds is 3. The molecule has 3 aromatic rings. The molecule has 0 radical (unpaired) electrons. The average Bonchev–Trinajstić information content (AvgIpc) is 3.26. The zero-order chi connectivity index (χ0) is 15.5. The molecule has 0 aliphatic carbocycles. The molecule has 0 bridgehead atoms. The first-order valence-electron chi connectivity index (χ1n) is 7.20. The summed E-state index contributed by atoms with van der Waals surface area (Å²) in [6.45, 7) is 0. The Morgan fingerprint density at radius 1 is 1.09 bits per heavy atom. The van der Waals surface area contributed by atoms with Crippen LogP contribution in [0.1, 0.15) is 17.4 Å². The van der Waals surface area contributed by atoms with Crippen LogP contribution in [0.25, 0.3) is 10.6 Å². The van der Waals surface area contributed by atoms with E-state index < -0.39 is 0 Å². The fourth-order valence-corrected chi connectivity index (χ4v) is 3.21. The number of aromatic nitrogens is 2. The van der Waals surface area contributed by atoms with Crippen LogP contribution in [0.5, 0.6) is 5.75 Å².